The molecule has 150 valence electrons. The van der Waals surface area contributed by atoms with Crippen molar-refractivity contribution < 1.29 is 9.53 Å². The number of carbonyl (C=O) groups excluding carboxylic acids is 1. The minimum absolute atomic E-state index is 0.0740. The van der Waals surface area contributed by atoms with Gasteiger partial charge in [-0.3, -0.25) is 10.1 Å². The molecule has 28 heavy (non-hydrogen) atoms. The maximum atomic E-state index is 12.2. The van der Waals surface area contributed by atoms with Crippen LogP contribution in [-0.2, 0) is 4.79 Å². The van der Waals surface area contributed by atoms with Crippen LogP contribution in [0.25, 0.3) is 0 Å². The number of ether oxygens (including phenoxy) is 1. The van der Waals surface area contributed by atoms with Crippen LogP contribution in [0.15, 0.2) is 28.7 Å². The van der Waals surface area contributed by atoms with Crippen LogP contribution in [0.3, 0.4) is 0 Å². The van der Waals surface area contributed by atoms with E-state index < -0.39 is 5.91 Å². The van der Waals surface area contributed by atoms with Crippen molar-refractivity contribution in [1.82, 2.24) is 5.32 Å². The van der Waals surface area contributed by atoms with Crippen LogP contribution in [0.5, 0.6) is 5.75 Å². The van der Waals surface area contributed by atoms with Gasteiger partial charge in [-0.05, 0) is 60.5 Å². The van der Waals surface area contributed by atoms with Gasteiger partial charge in [0.1, 0.15) is 5.75 Å². The Bertz CT molecular complexity index is 923. The molecular formula is C19H18BrCl3N2O2S. The number of halogens is 4. The molecule has 0 bridgehead atoms. The molecule has 2 aromatic rings. The Kier molecular flexibility index (Phi) is 8.40. The number of benzene rings is 2. The van der Waals surface area contributed by atoms with Gasteiger partial charge in [0.15, 0.2) is 11.7 Å². The molecule has 9 heteroatoms. The SMILES string of the molecule is Cc1cc(OCC(=O)NC(=S)Nc2cc(Cl)c(Cl)cc2Cl)c(C(C)C)cc1Br. The first-order valence-corrected chi connectivity index (χ1v) is 10.6. The van der Waals surface area contributed by atoms with Crippen molar-refractivity contribution in [3.05, 3.63) is 54.9 Å². The van der Waals surface area contributed by atoms with Gasteiger partial charge in [0.2, 0.25) is 0 Å². The molecule has 4 nitrogen and oxygen atoms in total. The molecule has 0 aliphatic carbocycles. The number of hydrogen-bond donors (Lipinski definition) is 2. The van der Waals surface area contributed by atoms with E-state index in [1.54, 1.807) is 0 Å². The molecule has 2 rings (SSSR count). The Hall–Kier alpha value is -1.05. The Morgan fingerprint density at radius 1 is 1.14 bits per heavy atom. The predicted octanol–water partition coefficient (Wildman–Crippen LogP) is 6.73. The average molecular weight is 525 g/mol. The molecule has 0 aromatic heterocycles. The smallest absolute Gasteiger partial charge is 0.264 e. The van der Waals surface area contributed by atoms with Crippen molar-refractivity contribution in [2.45, 2.75) is 26.7 Å². The largest absolute Gasteiger partial charge is 0.483 e. The normalized spacial score (nSPS) is 10.7. The van der Waals surface area contributed by atoms with Gasteiger partial charge < -0.3 is 10.1 Å². The summed E-state index contributed by atoms with van der Waals surface area (Å²) in [6.45, 7) is 5.90. The van der Waals surface area contributed by atoms with E-state index in [0.29, 0.717) is 26.5 Å². The molecule has 0 radical (unpaired) electrons. The minimum Gasteiger partial charge on any atom is -0.483 e. The van der Waals surface area contributed by atoms with Gasteiger partial charge in [-0.15, -0.1) is 0 Å². The second-order valence-corrected chi connectivity index (χ2v) is 8.82. The maximum Gasteiger partial charge on any atom is 0.264 e. The summed E-state index contributed by atoms with van der Waals surface area (Å²) in [5, 5.41) is 6.41. The lowest BCUT2D eigenvalue weighted by molar-refractivity contribution is -0.121. The summed E-state index contributed by atoms with van der Waals surface area (Å²) >= 11 is 26.6. The molecule has 1 amide bonds. The highest BCUT2D eigenvalue weighted by atomic mass is 79.9. The number of rotatable bonds is 5. The summed E-state index contributed by atoms with van der Waals surface area (Å²) in [7, 11) is 0. The van der Waals surface area contributed by atoms with Gasteiger partial charge in [-0.2, -0.15) is 0 Å². The number of hydrogen-bond acceptors (Lipinski definition) is 3. The summed E-state index contributed by atoms with van der Waals surface area (Å²) in [5.41, 5.74) is 2.47. The van der Waals surface area contributed by atoms with E-state index in [1.807, 2.05) is 19.1 Å². The van der Waals surface area contributed by atoms with Gasteiger partial charge in [0, 0.05) is 4.47 Å². The minimum atomic E-state index is -0.399. The number of carbonyl (C=O) groups is 1. The van der Waals surface area contributed by atoms with Crippen LogP contribution < -0.4 is 15.4 Å². The molecule has 0 aliphatic heterocycles. The summed E-state index contributed by atoms with van der Waals surface area (Å²) in [6, 6.07) is 6.93. The summed E-state index contributed by atoms with van der Waals surface area (Å²) in [4.78, 5) is 12.2. The lowest BCUT2D eigenvalue weighted by Crippen LogP contribution is -2.37. The summed E-state index contributed by atoms with van der Waals surface area (Å²) in [6.07, 6.45) is 0. The molecule has 0 spiro atoms. The first kappa shape index (κ1) is 23.2. The standard InChI is InChI=1S/C19H18BrCl3N2O2S/c1-9(2)11-5-12(20)10(3)4-17(11)27-8-18(26)25-19(28)24-16-7-14(22)13(21)6-15(16)23/h4-7,9H,8H2,1-3H3,(H2,24,25,26,28). The van der Waals surface area contributed by atoms with E-state index >= 15 is 0 Å². The molecule has 0 atom stereocenters. The van der Waals surface area contributed by atoms with Crippen molar-refractivity contribution in [3.63, 3.8) is 0 Å². The molecule has 0 saturated heterocycles. The highest BCUT2D eigenvalue weighted by Crippen LogP contribution is 2.33. The van der Waals surface area contributed by atoms with Gasteiger partial charge in [0.25, 0.3) is 5.91 Å². The molecule has 0 fully saturated rings. The van der Waals surface area contributed by atoms with Gasteiger partial charge in [0.05, 0.1) is 20.8 Å². The molecule has 0 unspecified atom stereocenters. The molecule has 0 heterocycles. The fourth-order valence-corrected chi connectivity index (χ4v) is 3.50. The van der Waals surface area contributed by atoms with Gasteiger partial charge >= 0.3 is 0 Å². The van der Waals surface area contributed by atoms with Crippen LogP contribution in [-0.4, -0.2) is 17.6 Å². The van der Waals surface area contributed by atoms with E-state index in [4.69, 9.17) is 51.8 Å². The number of anilines is 1. The summed E-state index contributed by atoms with van der Waals surface area (Å²) < 4.78 is 6.72. The van der Waals surface area contributed by atoms with E-state index in [0.717, 1.165) is 15.6 Å². The third-order valence-electron chi connectivity index (χ3n) is 3.78. The van der Waals surface area contributed by atoms with E-state index in [9.17, 15) is 4.79 Å². The van der Waals surface area contributed by atoms with Crippen molar-refractivity contribution in [2.75, 3.05) is 11.9 Å². The zero-order valence-electron chi connectivity index (χ0n) is 15.3. The Morgan fingerprint density at radius 2 is 1.79 bits per heavy atom. The molecule has 2 N–H and O–H groups in total. The van der Waals surface area contributed by atoms with Crippen molar-refractivity contribution >= 4 is 79.7 Å². The lowest BCUT2D eigenvalue weighted by Gasteiger charge is -2.16. The van der Waals surface area contributed by atoms with Gasteiger partial charge in [-0.25, -0.2) is 0 Å². The second-order valence-electron chi connectivity index (χ2n) is 6.33. The Labute approximate surface area is 193 Å². The highest BCUT2D eigenvalue weighted by molar-refractivity contribution is 9.10. The Balaban J connectivity index is 1.99. The van der Waals surface area contributed by atoms with Crippen molar-refractivity contribution in [3.8, 4) is 5.75 Å². The number of nitrogens with one attached hydrogen (secondary N) is 2. The third-order valence-corrected chi connectivity index (χ3v) is 5.88. The number of amides is 1. The lowest BCUT2D eigenvalue weighted by atomic mass is 10.0. The molecule has 2 aromatic carbocycles. The zero-order chi connectivity index (χ0) is 21.0. The van der Waals surface area contributed by atoms with E-state index in [1.165, 1.54) is 12.1 Å². The van der Waals surface area contributed by atoms with Crippen molar-refractivity contribution in [2.24, 2.45) is 0 Å². The van der Waals surface area contributed by atoms with Crippen LogP contribution in [0, 0.1) is 6.92 Å². The monoisotopic (exact) mass is 522 g/mol. The maximum absolute atomic E-state index is 12.2. The van der Waals surface area contributed by atoms with Crippen molar-refractivity contribution in [1.29, 1.82) is 0 Å². The topological polar surface area (TPSA) is 50.4 Å². The van der Waals surface area contributed by atoms with Crippen LogP contribution in [0.4, 0.5) is 5.69 Å². The van der Waals surface area contributed by atoms with Crippen LogP contribution in [0.2, 0.25) is 15.1 Å². The molecule has 0 aliphatic rings. The number of thiocarbonyl (C=S) groups is 1. The fraction of sp³-hybridized carbons (Fsp3) is 0.263. The first-order valence-electron chi connectivity index (χ1n) is 8.26. The molecular weight excluding hydrogens is 507 g/mol. The fourth-order valence-electron chi connectivity index (χ4n) is 2.32. The predicted molar refractivity (Wildman–Crippen MR) is 124 cm³/mol. The number of aryl methyl sites for hydroxylation is 1. The van der Waals surface area contributed by atoms with Crippen LogP contribution >= 0.6 is 63.0 Å². The zero-order valence-corrected chi connectivity index (χ0v) is 20.0. The highest BCUT2D eigenvalue weighted by Gasteiger charge is 2.14. The Morgan fingerprint density at radius 3 is 2.43 bits per heavy atom. The summed E-state index contributed by atoms with van der Waals surface area (Å²) in [5.74, 6) is 0.510. The second kappa shape index (κ2) is 10.1. The quantitative estimate of drug-likeness (QED) is 0.336. The van der Waals surface area contributed by atoms with Crippen LogP contribution in [0.1, 0.15) is 30.9 Å². The van der Waals surface area contributed by atoms with Gasteiger partial charge in [-0.1, -0.05) is 64.6 Å². The third kappa shape index (κ3) is 6.22. The van der Waals surface area contributed by atoms with E-state index in [-0.39, 0.29) is 17.6 Å². The van der Waals surface area contributed by atoms with E-state index in [2.05, 4.69) is 40.4 Å². The average Bonchev–Trinajstić information content (AvgIpc) is 2.60. The molecule has 0 saturated carbocycles. The first-order chi connectivity index (χ1) is 13.1.